The van der Waals surface area contributed by atoms with Crippen LogP contribution in [0.4, 0.5) is 0 Å². The van der Waals surface area contributed by atoms with E-state index in [9.17, 15) is 4.79 Å². The Morgan fingerprint density at radius 2 is 2.18 bits per heavy atom. The Labute approximate surface area is 71.6 Å². The van der Waals surface area contributed by atoms with Crippen molar-refractivity contribution < 1.29 is 7.54 Å². The third-order valence-electron chi connectivity index (χ3n) is 1.29. The lowest BCUT2D eigenvalue weighted by Gasteiger charge is -1.89. The SMILES string of the molecule is [2H]C(=C\C=O)/C([2H])=C/CCCCC. The van der Waals surface area contributed by atoms with E-state index in [2.05, 4.69) is 6.92 Å². The Balaban J connectivity index is 3.87. The average molecular weight is 154 g/mol. The Kier molecular flexibility index (Phi) is 5.69. The number of unbranched alkanes of at least 4 members (excludes halogenated alkanes) is 3. The van der Waals surface area contributed by atoms with Crippen LogP contribution in [0.2, 0.25) is 0 Å². The van der Waals surface area contributed by atoms with Crippen LogP contribution >= 0.6 is 0 Å². The van der Waals surface area contributed by atoms with Crippen LogP contribution in [0.5, 0.6) is 0 Å². The minimum Gasteiger partial charge on any atom is -0.299 e. The molecule has 0 N–H and O–H groups in total. The number of hydrogen-bond acceptors (Lipinski definition) is 1. The highest BCUT2D eigenvalue weighted by molar-refractivity contribution is 5.65. The molecule has 0 rings (SSSR count). The molecular formula is C10H16O. The van der Waals surface area contributed by atoms with Gasteiger partial charge in [0, 0.05) is 0 Å². The summed E-state index contributed by atoms with van der Waals surface area (Å²) in [6.07, 6.45) is 7.50. The van der Waals surface area contributed by atoms with Crippen LogP contribution in [-0.2, 0) is 4.79 Å². The molecule has 0 amide bonds. The smallest absolute Gasteiger partial charge is 0.142 e. The molecule has 0 unspecified atom stereocenters. The molecule has 62 valence electrons. The third-order valence-corrected chi connectivity index (χ3v) is 1.29. The first-order valence-electron chi connectivity index (χ1n) is 5.01. The van der Waals surface area contributed by atoms with Gasteiger partial charge in [-0.1, -0.05) is 37.9 Å². The Bertz CT molecular complexity index is 207. The van der Waals surface area contributed by atoms with Gasteiger partial charge in [-0.25, -0.2) is 0 Å². The second-order valence-electron chi connectivity index (χ2n) is 2.29. The fourth-order valence-electron chi connectivity index (χ4n) is 0.710. The summed E-state index contributed by atoms with van der Waals surface area (Å²) in [4.78, 5) is 9.99. The van der Waals surface area contributed by atoms with Gasteiger partial charge >= 0.3 is 0 Å². The van der Waals surface area contributed by atoms with E-state index in [-0.39, 0.29) is 12.1 Å². The van der Waals surface area contributed by atoms with Gasteiger partial charge in [0.15, 0.2) is 0 Å². The second-order valence-corrected chi connectivity index (χ2v) is 2.29. The molecule has 0 saturated heterocycles. The highest BCUT2D eigenvalue weighted by Crippen LogP contribution is 1.99. The summed E-state index contributed by atoms with van der Waals surface area (Å²) in [7, 11) is 0. The first-order valence-corrected chi connectivity index (χ1v) is 4.01. The van der Waals surface area contributed by atoms with Crippen LogP contribution in [0.3, 0.4) is 0 Å². The van der Waals surface area contributed by atoms with Crippen molar-refractivity contribution in [2.24, 2.45) is 0 Å². The molecule has 0 heterocycles. The lowest BCUT2D eigenvalue weighted by molar-refractivity contribution is -0.104. The Hall–Kier alpha value is -0.850. The Morgan fingerprint density at radius 1 is 1.36 bits per heavy atom. The molecule has 0 spiro atoms. The van der Waals surface area contributed by atoms with Crippen molar-refractivity contribution >= 4 is 6.29 Å². The summed E-state index contributed by atoms with van der Waals surface area (Å²) in [6, 6.07) is 0.134. The summed E-state index contributed by atoms with van der Waals surface area (Å²) < 4.78 is 14.6. The van der Waals surface area contributed by atoms with E-state index < -0.39 is 0 Å². The highest BCUT2D eigenvalue weighted by Gasteiger charge is 1.79. The van der Waals surface area contributed by atoms with Crippen molar-refractivity contribution in [3.8, 4) is 0 Å². The number of carbonyl (C=O) groups is 1. The fourth-order valence-corrected chi connectivity index (χ4v) is 0.710. The molecule has 0 bridgehead atoms. The van der Waals surface area contributed by atoms with Crippen LogP contribution in [0, 0.1) is 0 Å². The monoisotopic (exact) mass is 154 g/mol. The van der Waals surface area contributed by atoms with Crippen molar-refractivity contribution in [3.05, 3.63) is 24.3 Å². The zero-order chi connectivity index (χ0) is 10.1. The van der Waals surface area contributed by atoms with Gasteiger partial charge in [-0.05, 0) is 18.9 Å². The minimum absolute atomic E-state index is 0.00787. The molecule has 0 atom stereocenters. The van der Waals surface area contributed by atoms with Gasteiger partial charge in [0.1, 0.15) is 6.29 Å². The van der Waals surface area contributed by atoms with E-state index in [1.807, 2.05) is 0 Å². The van der Waals surface area contributed by atoms with Crippen LogP contribution in [0.25, 0.3) is 0 Å². The van der Waals surface area contributed by atoms with Gasteiger partial charge in [-0.15, -0.1) is 0 Å². The molecule has 0 aliphatic heterocycles. The van der Waals surface area contributed by atoms with Crippen LogP contribution in [0.1, 0.15) is 35.3 Å². The molecular weight excluding hydrogens is 136 g/mol. The first kappa shape index (κ1) is 6.84. The van der Waals surface area contributed by atoms with Crippen LogP contribution in [-0.4, -0.2) is 6.29 Å². The van der Waals surface area contributed by atoms with Gasteiger partial charge in [0.25, 0.3) is 0 Å². The molecule has 0 aliphatic rings. The minimum atomic E-state index is -0.00787. The predicted molar refractivity (Wildman–Crippen MR) is 48.5 cm³/mol. The normalized spacial score (nSPS) is 15.7. The average Bonchev–Trinajstić information content (AvgIpc) is 2.12. The number of carbonyl (C=O) groups excluding carboxylic acids is 1. The summed E-state index contributed by atoms with van der Waals surface area (Å²) in [5.74, 6) is 0. The largest absolute Gasteiger partial charge is 0.299 e. The van der Waals surface area contributed by atoms with E-state index >= 15 is 0 Å². The summed E-state index contributed by atoms with van der Waals surface area (Å²) in [5.41, 5.74) is 0. The number of rotatable bonds is 6. The maximum absolute atomic E-state index is 9.99. The van der Waals surface area contributed by atoms with E-state index in [4.69, 9.17) is 2.74 Å². The van der Waals surface area contributed by atoms with Crippen molar-refractivity contribution in [1.29, 1.82) is 0 Å². The zero-order valence-corrected chi connectivity index (χ0v) is 6.97. The first-order chi connectivity index (χ1) is 6.22. The number of allylic oxidation sites excluding steroid dienone is 4. The van der Waals surface area contributed by atoms with Gasteiger partial charge in [-0.3, -0.25) is 4.79 Å². The fraction of sp³-hybridized carbons (Fsp3) is 0.500. The molecule has 0 aromatic heterocycles. The van der Waals surface area contributed by atoms with E-state index in [0.29, 0.717) is 6.29 Å². The van der Waals surface area contributed by atoms with Gasteiger partial charge < -0.3 is 0 Å². The molecule has 11 heavy (non-hydrogen) atoms. The third kappa shape index (κ3) is 9.15. The molecule has 0 saturated carbocycles. The van der Waals surface area contributed by atoms with E-state index in [1.54, 1.807) is 6.08 Å². The molecule has 0 radical (unpaired) electrons. The second kappa shape index (κ2) is 9.15. The Morgan fingerprint density at radius 3 is 2.82 bits per heavy atom. The van der Waals surface area contributed by atoms with Crippen LogP contribution in [0.15, 0.2) is 24.3 Å². The van der Waals surface area contributed by atoms with Crippen molar-refractivity contribution in [2.45, 2.75) is 32.6 Å². The van der Waals surface area contributed by atoms with E-state index in [0.717, 1.165) is 31.8 Å². The maximum Gasteiger partial charge on any atom is 0.142 e. The number of hydrogen-bond donors (Lipinski definition) is 0. The molecule has 1 heteroatoms. The quantitative estimate of drug-likeness (QED) is 0.249. The van der Waals surface area contributed by atoms with Crippen LogP contribution < -0.4 is 0 Å². The molecule has 1 nitrogen and oxygen atoms in total. The standard InChI is InChI=1S/C10H16O/c1-2-3-4-5-6-7-8-9-10-11/h6-10H,2-5H2,1H3/b7-6+,9-8+/i7D,8D. The van der Waals surface area contributed by atoms with Gasteiger partial charge in [0.2, 0.25) is 0 Å². The van der Waals surface area contributed by atoms with Crippen molar-refractivity contribution in [2.75, 3.05) is 0 Å². The van der Waals surface area contributed by atoms with Crippen molar-refractivity contribution in [3.63, 3.8) is 0 Å². The topological polar surface area (TPSA) is 17.1 Å². The van der Waals surface area contributed by atoms with E-state index in [1.165, 1.54) is 0 Å². The maximum atomic E-state index is 9.99. The van der Waals surface area contributed by atoms with Gasteiger partial charge in [0.05, 0.1) is 2.74 Å². The summed E-state index contributed by atoms with van der Waals surface area (Å²) in [5, 5.41) is 0. The van der Waals surface area contributed by atoms with Gasteiger partial charge in [-0.2, -0.15) is 0 Å². The molecule has 0 aromatic carbocycles. The lowest BCUT2D eigenvalue weighted by Crippen LogP contribution is -1.69. The molecule has 0 fully saturated rings. The molecule has 0 aromatic rings. The predicted octanol–water partition coefficient (Wildman–Crippen LogP) is 2.88. The number of aldehydes is 1. The molecule has 0 aliphatic carbocycles. The zero-order valence-electron chi connectivity index (χ0n) is 8.97. The highest BCUT2D eigenvalue weighted by atomic mass is 16.1. The summed E-state index contributed by atoms with van der Waals surface area (Å²) >= 11 is 0. The lowest BCUT2D eigenvalue weighted by atomic mass is 10.2. The van der Waals surface area contributed by atoms with Crippen molar-refractivity contribution in [1.82, 2.24) is 0 Å². The summed E-state index contributed by atoms with van der Waals surface area (Å²) in [6.45, 7) is 2.12.